The third-order valence-corrected chi connectivity index (χ3v) is 6.20. The molecule has 0 spiro atoms. The van der Waals surface area contributed by atoms with Gasteiger partial charge < -0.3 is 10.6 Å². The van der Waals surface area contributed by atoms with Gasteiger partial charge >= 0.3 is 0 Å². The van der Waals surface area contributed by atoms with Crippen LogP contribution < -0.4 is 10.6 Å². The number of carbonyl (C=O) groups is 2. The molecule has 0 aliphatic heterocycles. The number of carbonyl (C=O) groups excluding carboxylic acids is 2. The Balaban J connectivity index is 2.05. The van der Waals surface area contributed by atoms with Crippen LogP contribution in [0.5, 0.6) is 0 Å². The van der Waals surface area contributed by atoms with Gasteiger partial charge in [-0.05, 0) is 75.3 Å². The van der Waals surface area contributed by atoms with Crippen LogP contribution in [0.15, 0.2) is 85.0 Å². The number of benzene rings is 1. The first kappa shape index (κ1) is 33.9. The van der Waals surface area contributed by atoms with E-state index in [1.165, 1.54) is 5.56 Å². The Morgan fingerprint density at radius 3 is 1.77 bits per heavy atom. The largest absolute Gasteiger partial charge is 0.354 e. The van der Waals surface area contributed by atoms with Crippen molar-refractivity contribution in [3.05, 3.63) is 96.2 Å². The fourth-order valence-electron chi connectivity index (χ4n) is 3.94. The van der Waals surface area contributed by atoms with Crippen molar-refractivity contribution in [1.29, 1.82) is 0 Å². The molecule has 0 aliphatic rings. The van der Waals surface area contributed by atoms with Crippen molar-refractivity contribution in [2.45, 2.75) is 91.4 Å². The Morgan fingerprint density at radius 1 is 0.718 bits per heavy atom. The van der Waals surface area contributed by atoms with Gasteiger partial charge in [-0.3, -0.25) is 9.59 Å². The first-order valence-electron chi connectivity index (χ1n) is 14.8. The summed E-state index contributed by atoms with van der Waals surface area (Å²) in [6.07, 6.45) is 30.1. The molecular formula is C35H52N2O2. The van der Waals surface area contributed by atoms with Crippen molar-refractivity contribution in [2.24, 2.45) is 5.92 Å². The average Bonchev–Trinajstić information content (AvgIpc) is 2.92. The van der Waals surface area contributed by atoms with Gasteiger partial charge in [0, 0.05) is 19.5 Å². The number of rotatable bonds is 20. The molecule has 214 valence electrons. The maximum atomic E-state index is 12.5. The quantitative estimate of drug-likeness (QED) is 0.131. The molecule has 0 saturated heterocycles. The molecule has 0 saturated carbocycles. The minimum absolute atomic E-state index is 0.0146. The summed E-state index contributed by atoms with van der Waals surface area (Å²) in [5, 5.41) is 5.82. The lowest BCUT2D eigenvalue weighted by molar-refractivity contribution is -0.123. The monoisotopic (exact) mass is 532 g/mol. The topological polar surface area (TPSA) is 58.2 Å². The number of unbranched alkanes of at least 4 members (excludes halogenated alkanes) is 1. The summed E-state index contributed by atoms with van der Waals surface area (Å²) in [6.45, 7) is 9.36. The predicted molar refractivity (Wildman–Crippen MR) is 168 cm³/mol. The number of amides is 2. The molecule has 0 radical (unpaired) electrons. The molecule has 1 rings (SSSR count). The van der Waals surface area contributed by atoms with Crippen molar-refractivity contribution >= 4 is 11.8 Å². The molecule has 0 bridgehead atoms. The summed E-state index contributed by atoms with van der Waals surface area (Å²) in [4.78, 5) is 24.5. The normalized spacial score (nSPS) is 13.1. The van der Waals surface area contributed by atoms with Gasteiger partial charge in [-0.15, -0.1) is 0 Å². The van der Waals surface area contributed by atoms with E-state index in [-0.39, 0.29) is 17.7 Å². The van der Waals surface area contributed by atoms with Crippen LogP contribution in [0.3, 0.4) is 0 Å². The van der Waals surface area contributed by atoms with Crippen LogP contribution in [0, 0.1) is 5.92 Å². The molecule has 1 unspecified atom stereocenters. The summed E-state index contributed by atoms with van der Waals surface area (Å²) < 4.78 is 0. The van der Waals surface area contributed by atoms with Gasteiger partial charge in [-0.2, -0.15) is 0 Å². The van der Waals surface area contributed by atoms with Gasteiger partial charge in [0.05, 0.1) is 5.92 Å². The summed E-state index contributed by atoms with van der Waals surface area (Å²) in [5.41, 5.74) is 2.31. The minimum atomic E-state index is -0.211. The second-order valence-corrected chi connectivity index (χ2v) is 10.3. The van der Waals surface area contributed by atoms with Crippen LogP contribution in [0.1, 0.15) is 96.1 Å². The molecule has 0 heterocycles. The molecule has 2 N–H and O–H groups in total. The second kappa shape index (κ2) is 22.8. The Hall–Kier alpha value is -3.14. The zero-order valence-corrected chi connectivity index (χ0v) is 24.8. The number of allylic oxidation sites excluding steroid dienone is 10. The van der Waals surface area contributed by atoms with Gasteiger partial charge in [0.25, 0.3) is 0 Å². The van der Waals surface area contributed by atoms with Crippen LogP contribution in [-0.2, 0) is 16.0 Å². The number of hydrogen-bond acceptors (Lipinski definition) is 2. The highest BCUT2D eigenvalue weighted by molar-refractivity contribution is 5.83. The second-order valence-electron chi connectivity index (χ2n) is 10.3. The Bertz CT molecular complexity index is 936. The van der Waals surface area contributed by atoms with E-state index in [0.717, 1.165) is 56.9 Å². The summed E-state index contributed by atoms with van der Waals surface area (Å²) in [7, 11) is 0. The molecule has 4 heteroatoms. The van der Waals surface area contributed by atoms with E-state index in [1.807, 2.05) is 19.1 Å². The lowest BCUT2D eigenvalue weighted by Crippen LogP contribution is -2.36. The van der Waals surface area contributed by atoms with Crippen molar-refractivity contribution in [3.63, 3.8) is 0 Å². The standard InChI is InChI=1S/C35H52N2O2/c1-5-6-7-8-9-10-11-12-13-14-15-16-17-18-19-20-21-22-34(38)36-27-28-37-35(39)31(4)33-25-23-32(24-26-33)29-30(2)3/h6-7,9-10,12-13,15-16,18-19,23-26,30-31H,5,8,11,14,17,20-22,27-29H2,1-4H3,(H,36,38)(H,37,39)/b7-6-,10-9-,13-12?,16-15-,19-18-. The highest BCUT2D eigenvalue weighted by Crippen LogP contribution is 2.17. The van der Waals surface area contributed by atoms with Crippen molar-refractivity contribution in [3.8, 4) is 0 Å². The van der Waals surface area contributed by atoms with E-state index in [4.69, 9.17) is 0 Å². The molecule has 0 aliphatic carbocycles. The lowest BCUT2D eigenvalue weighted by Gasteiger charge is -2.14. The summed E-state index contributed by atoms with van der Waals surface area (Å²) >= 11 is 0. The molecule has 0 aromatic heterocycles. The van der Waals surface area contributed by atoms with E-state index in [2.05, 4.69) is 104 Å². The smallest absolute Gasteiger partial charge is 0.227 e. The fraction of sp³-hybridized carbons (Fsp3) is 0.486. The summed E-state index contributed by atoms with van der Waals surface area (Å²) in [5.74, 6) is 0.423. The van der Waals surface area contributed by atoms with E-state index in [0.29, 0.717) is 25.4 Å². The van der Waals surface area contributed by atoms with Crippen LogP contribution in [0.4, 0.5) is 0 Å². The highest BCUT2D eigenvalue weighted by Gasteiger charge is 2.14. The van der Waals surface area contributed by atoms with Gasteiger partial charge in [0.2, 0.25) is 11.8 Å². The van der Waals surface area contributed by atoms with E-state index in [1.54, 1.807) is 0 Å². The van der Waals surface area contributed by atoms with Crippen molar-refractivity contribution < 1.29 is 9.59 Å². The molecule has 1 atom stereocenters. The van der Waals surface area contributed by atoms with Gasteiger partial charge in [-0.1, -0.05) is 106 Å². The highest BCUT2D eigenvalue weighted by atomic mass is 16.2. The first-order valence-corrected chi connectivity index (χ1v) is 14.8. The van der Waals surface area contributed by atoms with Crippen molar-refractivity contribution in [1.82, 2.24) is 10.6 Å². The average molecular weight is 533 g/mol. The maximum absolute atomic E-state index is 12.5. The van der Waals surface area contributed by atoms with Gasteiger partial charge in [0.15, 0.2) is 0 Å². The van der Waals surface area contributed by atoms with E-state index >= 15 is 0 Å². The van der Waals surface area contributed by atoms with Crippen LogP contribution in [-0.4, -0.2) is 24.9 Å². The molecular weight excluding hydrogens is 480 g/mol. The summed E-state index contributed by atoms with van der Waals surface area (Å²) in [6, 6.07) is 8.31. The van der Waals surface area contributed by atoms with Crippen LogP contribution in [0.2, 0.25) is 0 Å². The molecule has 1 aromatic rings. The number of nitrogens with one attached hydrogen (secondary N) is 2. The predicted octanol–water partition coefficient (Wildman–Crippen LogP) is 8.14. The van der Waals surface area contributed by atoms with Crippen molar-refractivity contribution in [2.75, 3.05) is 13.1 Å². The van der Waals surface area contributed by atoms with E-state index < -0.39 is 0 Å². The fourth-order valence-corrected chi connectivity index (χ4v) is 3.94. The molecule has 0 fully saturated rings. The van der Waals surface area contributed by atoms with E-state index in [9.17, 15) is 9.59 Å². The maximum Gasteiger partial charge on any atom is 0.227 e. The first-order chi connectivity index (χ1) is 18.9. The zero-order chi connectivity index (χ0) is 28.6. The Morgan fingerprint density at radius 2 is 1.23 bits per heavy atom. The molecule has 1 aromatic carbocycles. The van der Waals surface area contributed by atoms with Gasteiger partial charge in [-0.25, -0.2) is 0 Å². The lowest BCUT2D eigenvalue weighted by atomic mass is 9.96. The zero-order valence-electron chi connectivity index (χ0n) is 24.8. The molecule has 2 amide bonds. The Labute approximate surface area is 238 Å². The molecule has 39 heavy (non-hydrogen) atoms. The van der Waals surface area contributed by atoms with Crippen LogP contribution >= 0.6 is 0 Å². The molecule has 4 nitrogen and oxygen atoms in total. The number of hydrogen-bond donors (Lipinski definition) is 2. The van der Waals surface area contributed by atoms with Gasteiger partial charge in [0.1, 0.15) is 0 Å². The third kappa shape index (κ3) is 18.7. The SMILES string of the molecule is CC/C=C\C/C=C\CC=CC/C=C\C/C=C\CCCC(=O)NCCNC(=O)C(C)c1ccc(CC(C)C)cc1. The third-order valence-electron chi connectivity index (χ3n) is 6.20. The minimum Gasteiger partial charge on any atom is -0.354 e. The van der Waals surface area contributed by atoms with Crippen LogP contribution in [0.25, 0.3) is 0 Å². The Kier molecular flexibility index (Phi) is 19.8.